The molecule has 23 heavy (non-hydrogen) atoms. The Morgan fingerprint density at radius 1 is 1.22 bits per heavy atom. The third-order valence-corrected chi connectivity index (χ3v) is 3.03. The smallest absolute Gasteiger partial charge is 0.321 e. The highest BCUT2D eigenvalue weighted by molar-refractivity contribution is 5.89. The molecule has 0 unspecified atom stereocenters. The van der Waals surface area contributed by atoms with Gasteiger partial charge in [-0.3, -0.25) is 0 Å². The SMILES string of the molecule is COc1nc(CNC(=O)Nc2ccccc2C)nc(N(C)C)n1. The number of methoxy groups -OCH3 is 1. The van der Waals surface area contributed by atoms with E-state index in [1.54, 1.807) is 4.90 Å². The standard InChI is InChI=1S/C15H20N6O2/c1-10-7-5-6-8-11(10)17-14(22)16-9-12-18-13(21(2)3)20-15(19-12)23-4/h5-8H,9H2,1-4H3,(H2,16,17,22). The predicted molar refractivity (Wildman–Crippen MR) is 87.7 cm³/mol. The van der Waals surface area contributed by atoms with Gasteiger partial charge in [0.2, 0.25) is 5.95 Å². The van der Waals surface area contributed by atoms with Crippen LogP contribution in [0.1, 0.15) is 11.4 Å². The van der Waals surface area contributed by atoms with Gasteiger partial charge in [0.15, 0.2) is 5.82 Å². The van der Waals surface area contributed by atoms with Gasteiger partial charge in [-0.2, -0.15) is 15.0 Å². The minimum absolute atomic E-state index is 0.164. The number of aromatic nitrogens is 3. The summed E-state index contributed by atoms with van der Waals surface area (Å²) in [5.74, 6) is 0.883. The number of carbonyl (C=O) groups is 1. The molecule has 0 atom stereocenters. The van der Waals surface area contributed by atoms with Gasteiger partial charge in [-0.15, -0.1) is 0 Å². The first-order valence-corrected chi connectivity index (χ1v) is 7.06. The summed E-state index contributed by atoms with van der Waals surface area (Å²) in [5.41, 5.74) is 1.74. The Kier molecular flexibility index (Phi) is 5.29. The summed E-state index contributed by atoms with van der Waals surface area (Å²) in [4.78, 5) is 26.2. The van der Waals surface area contributed by atoms with E-state index >= 15 is 0 Å². The lowest BCUT2D eigenvalue weighted by Gasteiger charge is -2.13. The van der Waals surface area contributed by atoms with Gasteiger partial charge in [0, 0.05) is 19.8 Å². The summed E-state index contributed by atoms with van der Waals surface area (Å²) >= 11 is 0. The number of ether oxygens (including phenoxy) is 1. The van der Waals surface area contributed by atoms with E-state index in [-0.39, 0.29) is 18.6 Å². The van der Waals surface area contributed by atoms with E-state index in [2.05, 4.69) is 25.6 Å². The molecule has 1 aromatic carbocycles. The average Bonchev–Trinajstić information content (AvgIpc) is 2.54. The molecule has 2 amide bonds. The zero-order valence-corrected chi connectivity index (χ0v) is 13.6. The van der Waals surface area contributed by atoms with E-state index in [0.717, 1.165) is 11.3 Å². The maximum atomic E-state index is 12.0. The second-order valence-electron chi connectivity index (χ2n) is 5.06. The van der Waals surface area contributed by atoms with Crippen molar-refractivity contribution in [3.63, 3.8) is 0 Å². The summed E-state index contributed by atoms with van der Waals surface area (Å²) in [6, 6.07) is 7.42. The van der Waals surface area contributed by atoms with Gasteiger partial charge >= 0.3 is 12.0 Å². The molecule has 0 bridgehead atoms. The first-order chi connectivity index (χ1) is 11.0. The zero-order valence-electron chi connectivity index (χ0n) is 13.6. The summed E-state index contributed by atoms with van der Waals surface area (Å²) in [5, 5.41) is 5.50. The molecule has 0 fully saturated rings. The highest BCUT2D eigenvalue weighted by Crippen LogP contribution is 2.13. The van der Waals surface area contributed by atoms with Gasteiger partial charge < -0.3 is 20.3 Å². The number of carbonyl (C=O) groups excluding carboxylic acids is 1. The molecule has 0 aliphatic heterocycles. The largest absolute Gasteiger partial charge is 0.467 e. The summed E-state index contributed by atoms with van der Waals surface area (Å²) in [6.07, 6.45) is 0. The van der Waals surface area contributed by atoms with Crippen LogP contribution in [0.2, 0.25) is 0 Å². The first kappa shape index (κ1) is 16.5. The van der Waals surface area contributed by atoms with E-state index in [4.69, 9.17) is 4.74 Å². The highest BCUT2D eigenvalue weighted by atomic mass is 16.5. The number of urea groups is 1. The average molecular weight is 316 g/mol. The van der Waals surface area contributed by atoms with Crippen molar-refractivity contribution in [2.24, 2.45) is 0 Å². The molecule has 2 rings (SSSR count). The predicted octanol–water partition coefficient (Wildman–Crippen LogP) is 1.58. The van der Waals surface area contributed by atoms with Crippen LogP contribution in [0.25, 0.3) is 0 Å². The Hall–Kier alpha value is -2.90. The number of hydrogen-bond acceptors (Lipinski definition) is 6. The fourth-order valence-electron chi connectivity index (χ4n) is 1.80. The molecule has 8 nitrogen and oxygen atoms in total. The van der Waals surface area contributed by atoms with Crippen LogP contribution in [-0.4, -0.2) is 42.2 Å². The monoisotopic (exact) mass is 316 g/mol. The van der Waals surface area contributed by atoms with Crippen molar-refractivity contribution in [1.29, 1.82) is 0 Å². The molecule has 0 aliphatic rings. The number of nitrogens with one attached hydrogen (secondary N) is 2. The Bertz CT molecular complexity index is 689. The molecule has 1 heterocycles. The zero-order chi connectivity index (χ0) is 16.8. The summed E-state index contributed by atoms with van der Waals surface area (Å²) in [7, 11) is 5.12. The third kappa shape index (κ3) is 4.53. The molecule has 122 valence electrons. The van der Waals surface area contributed by atoms with Gasteiger partial charge in [-0.25, -0.2) is 4.79 Å². The van der Waals surface area contributed by atoms with Crippen LogP contribution in [0.3, 0.4) is 0 Å². The van der Waals surface area contributed by atoms with Crippen molar-refractivity contribution in [1.82, 2.24) is 20.3 Å². The second kappa shape index (κ2) is 7.39. The Balaban J connectivity index is 2.01. The van der Waals surface area contributed by atoms with E-state index < -0.39 is 0 Å². The van der Waals surface area contributed by atoms with Gasteiger partial charge in [0.05, 0.1) is 13.7 Å². The van der Waals surface area contributed by atoms with Crippen LogP contribution < -0.4 is 20.3 Å². The lowest BCUT2D eigenvalue weighted by atomic mass is 10.2. The molecule has 8 heteroatoms. The highest BCUT2D eigenvalue weighted by Gasteiger charge is 2.10. The molecule has 0 saturated carbocycles. The molecule has 0 radical (unpaired) electrons. The quantitative estimate of drug-likeness (QED) is 0.870. The number of rotatable bonds is 5. The van der Waals surface area contributed by atoms with Gasteiger partial charge in [0.1, 0.15) is 0 Å². The normalized spacial score (nSPS) is 10.1. The van der Waals surface area contributed by atoms with Crippen LogP contribution in [0, 0.1) is 6.92 Å². The van der Waals surface area contributed by atoms with E-state index in [1.165, 1.54) is 7.11 Å². The third-order valence-electron chi connectivity index (χ3n) is 3.03. The minimum Gasteiger partial charge on any atom is -0.467 e. The van der Waals surface area contributed by atoms with Crippen molar-refractivity contribution in [2.75, 3.05) is 31.4 Å². The van der Waals surface area contributed by atoms with Crippen molar-refractivity contribution >= 4 is 17.7 Å². The molecule has 0 saturated heterocycles. The maximum Gasteiger partial charge on any atom is 0.321 e. The Labute approximate surface area is 134 Å². The van der Waals surface area contributed by atoms with Crippen molar-refractivity contribution in [2.45, 2.75) is 13.5 Å². The molecular weight excluding hydrogens is 296 g/mol. The lowest BCUT2D eigenvalue weighted by molar-refractivity contribution is 0.251. The minimum atomic E-state index is -0.329. The Morgan fingerprint density at radius 2 is 1.96 bits per heavy atom. The van der Waals surface area contributed by atoms with Crippen LogP contribution >= 0.6 is 0 Å². The molecule has 2 aromatic rings. The number of anilines is 2. The molecule has 1 aromatic heterocycles. The van der Waals surface area contributed by atoms with Gasteiger partial charge in [-0.05, 0) is 18.6 Å². The number of para-hydroxylation sites is 1. The number of nitrogens with zero attached hydrogens (tertiary/aromatic N) is 4. The van der Waals surface area contributed by atoms with Gasteiger partial charge in [-0.1, -0.05) is 18.2 Å². The number of benzene rings is 1. The molecule has 2 N–H and O–H groups in total. The van der Waals surface area contributed by atoms with Crippen LogP contribution in [0.15, 0.2) is 24.3 Å². The van der Waals surface area contributed by atoms with Gasteiger partial charge in [0.25, 0.3) is 0 Å². The van der Waals surface area contributed by atoms with Crippen LogP contribution in [0.4, 0.5) is 16.4 Å². The van der Waals surface area contributed by atoms with E-state index in [1.807, 2.05) is 45.3 Å². The molecular formula is C15H20N6O2. The number of hydrogen-bond donors (Lipinski definition) is 2. The maximum absolute atomic E-state index is 12.0. The van der Waals surface area contributed by atoms with Crippen LogP contribution in [-0.2, 0) is 6.54 Å². The summed E-state index contributed by atoms with van der Waals surface area (Å²) < 4.78 is 5.05. The fraction of sp³-hybridized carbons (Fsp3) is 0.333. The van der Waals surface area contributed by atoms with Crippen molar-refractivity contribution in [3.05, 3.63) is 35.7 Å². The van der Waals surface area contributed by atoms with Crippen molar-refractivity contribution < 1.29 is 9.53 Å². The van der Waals surface area contributed by atoms with Crippen molar-refractivity contribution in [3.8, 4) is 6.01 Å². The second-order valence-corrected chi connectivity index (χ2v) is 5.06. The number of amides is 2. The first-order valence-electron chi connectivity index (χ1n) is 7.06. The summed E-state index contributed by atoms with van der Waals surface area (Å²) in [6.45, 7) is 2.09. The fourth-order valence-corrected chi connectivity index (χ4v) is 1.80. The molecule has 0 aliphatic carbocycles. The Morgan fingerprint density at radius 3 is 2.61 bits per heavy atom. The topological polar surface area (TPSA) is 92.3 Å². The van der Waals surface area contributed by atoms with Crippen LogP contribution in [0.5, 0.6) is 6.01 Å². The van der Waals surface area contributed by atoms with E-state index in [9.17, 15) is 4.79 Å². The van der Waals surface area contributed by atoms with E-state index in [0.29, 0.717) is 11.8 Å². The number of aryl methyl sites for hydroxylation is 1. The molecule has 0 spiro atoms. The lowest BCUT2D eigenvalue weighted by Crippen LogP contribution is -2.29.